The fourth-order valence-electron chi connectivity index (χ4n) is 1.96. The minimum absolute atomic E-state index is 0.153. The molecular weight excluding hydrogens is 288 g/mol. The third kappa shape index (κ3) is 4.28. The Labute approximate surface area is 127 Å². The van der Waals surface area contributed by atoms with Gasteiger partial charge in [-0.1, -0.05) is 29.8 Å². The number of amides is 1. The summed E-state index contributed by atoms with van der Waals surface area (Å²) in [5, 5.41) is 2.76. The van der Waals surface area contributed by atoms with E-state index in [-0.39, 0.29) is 24.3 Å². The van der Waals surface area contributed by atoms with Crippen LogP contribution in [0.25, 0.3) is 0 Å². The Morgan fingerprint density at radius 2 is 1.86 bits per heavy atom. The average Bonchev–Trinajstić information content (AvgIpc) is 2.47. The molecule has 5 heteroatoms. The summed E-state index contributed by atoms with van der Waals surface area (Å²) in [5.41, 5.74) is 2.10. The third-order valence-electron chi connectivity index (χ3n) is 3.21. The normalized spacial score (nSPS) is 11.8. The molecule has 2 aromatic carbocycles. The molecule has 22 heavy (non-hydrogen) atoms. The van der Waals surface area contributed by atoms with Crippen molar-refractivity contribution in [2.75, 3.05) is 6.61 Å². The van der Waals surface area contributed by atoms with Gasteiger partial charge in [-0.2, -0.15) is 0 Å². The molecule has 0 aromatic heterocycles. The topological polar surface area (TPSA) is 38.3 Å². The van der Waals surface area contributed by atoms with Gasteiger partial charge in [-0.15, -0.1) is 0 Å². The van der Waals surface area contributed by atoms with Crippen molar-refractivity contribution in [1.82, 2.24) is 5.32 Å². The number of rotatable bonds is 5. The van der Waals surface area contributed by atoms with E-state index in [9.17, 15) is 13.6 Å². The van der Waals surface area contributed by atoms with Gasteiger partial charge < -0.3 is 10.1 Å². The first-order valence-electron chi connectivity index (χ1n) is 6.89. The minimum atomic E-state index is -0.834. The van der Waals surface area contributed by atoms with Crippen LogP contribution < -0.4 is 10.1 Å². The third-order valence-corrected chi connectivity index (χ3v) is 3.21. The standard InChI is InChI=1S/C17H17F2NO2/c1-11-3-5-13(6-4-11)12(2)20-17(21)10-22-16-8-7-14(18)9-15(16)19/h3-9,12H,10H2,1-2H3,(H,20,21). The van der Waals surface area contributed by atoms with Crippen molar-refractivity contribution in [3.63, 3.8) is 0 Å². The fraction of sp³-hybridized carbons (Fsp3) is 0.235. The number of carbonyl (C=O) groups is 1. The van der Waals surface area contributed by atoms with Gasteiger partial charge in [0.2, 0.25) is 0 Å². The molecule has 2 rings (SSSR count). The summed E-state index contributed by atoms with van der Waals surface area (Å²) in [7, 11) is 0. The number of aryl methyl sites for hydroxylation is 1. The number of halogens is 2. The van der Waals surface area contributed by atoms with Gasteiger partial charge in [-0.05, 0) is 31.5 Å². The summed E-state index contributed by atoms with van der Waals surface area (Å²) >= 11 is 0. The van der Waals surface area contributed by atoms with Crippen LogP contribution in [-0.4, -0.2) is 12.5 Å². The van der Waals surface area contributed by atoms with E-state index in [1.54, 1.807) is 0 Å². The van der Waals surface area contributed by atoms with Crippen molar-refractivity contribution >= 4 is 5.91 Å². The molecule has 0 aliphatic heterocycles. The van der Waals surface area contributed by atoms with Crippen LogP contribution in [0.3, 0.4) is 0 Å². The van der Waals surface area contributed by atoms with E-state index in [1.807, 2.05) is 38.1 Å². The lowest BCUT2D eigenvalue weighted by atomic mass is 10.1. The maximum Gasteiger partial charge on any atom is 0.258 e. The SMILES string of the molecule is Cc1ccc(C(C)NC(=O)COc2ccc(F)cc2F)cc1. The molecular formula is C17H17F2NO2. The van der Waals surface area contributed by atoms with E-state index in [0.29, 0.717) is 6.07 Å². The van der Waals surface area contributed by atoms with E-state index in [1.165, 1.54) is 0 Å². The Balaban J connectivity index is 1.88. The molecule has 116 valence electrons. The first-order chi connectivity index (χ1) is 10.5. The summed E-state index contributed by atoms with van der Waals surface area (Å²) in [6.45, 7) is 3.50. The van der Waals surface area contributed by atoms with Gasteiger partial charge in [0.15, 0.2) is 18.2 Å². The monoisotopic (exact) mass is 305 g/mol. The van der Waals surface area contributed by atoms with Gasteiger partial charge >= 0.3 is 0 Å². The van der Waals surface area contributed by atoms with Crippen LogP contribution in [0, 0.1) is 18.6 Å². The highest BCUT2D eigenvalue weighted by atomic mass is 19.1. The zero-order valence-corrected chi connectivity index (χ0v) is 12.4. The van der Waals surface area contributed by atoms with Gasteiger partial charge in [0, 0.05) is 6.07 Å². The quantitative estimate of drug-likeness (QED) is 0.917. The summed E-state index contributed by atoms with van der Waals surface area (Å²) in [6.07, 6.45) is 0. The number of hydrogen-bond donors (Lipinski definition) is 1. The zero-order chi connectivity index (χ0) is 16.1. The Bertz CT molecular complexity index is 656. The lowest BCUT2D eigenvalue weighted by molar-refractivity contribution is -0.123. The van der Waals surface area contributed by atoms with Gasteiger partial charge in [0.05, 0.1) is 6.04 Å². The summed E-state index contributed by atoms with van der Waals surface area (Å²) in [5.74, 6) is -2.06. The Morgan fingerprint density at radius 1 is 1.18 bits per heavy atom. The van der Waals surface area contributed by atoms with Crippen LogP contribution in [0.2, 0.25) is 0 Å². The average molecular weight is 305 g/mol. The van der Waals surface area contributed by atoms with Crippen molar-refractivity contribution in [1.29, 1.82) is 0 Å². The highest BCUT2D eigenvalue weighted by Crippen LogP contribution is 2.17. The Kier molecular flexibility index (Phi) is 5.09. The van der Waals surface area contributed by atoms with Crippen molar-refractivity contribution in [3.8, 4) is 5.75 Å². The first-order valence-corrected chi connectivity index (χ1v) is 6.89. The first kappa shape index (κ1) is 15.9. The molecule has 0 saturated carbocycles. The van der Waals surface area contributed by atoms with E-state index >= 15 is 0 Å². The number of ether oxygens (including phenoxy) is 1. The molecule has 1 atom stereocenters. The lowest BCUT2D eigenvalue weighted by Gasteiger charge is -2.15. The maximum atomic E-state index is 13.4. The minimum Gasteiger partial charge on any atom is -0.481 e. The van der Waals surface area contributed by atoms with Crippen LogP contribution in [-0.2, 0) is 4.79 Å². The molecule has 2 aromatic rings. The largest absolute Gasteiger partial charge is 0.481 e. The predicted molar refractivity (Wildman–Crippen MR) is 79.6 cm³/mol. The second-order valence-corrected chi connectivity index (χ2v) is 5.06. The Hall–Kier alpha value is -2.43. The molecule has 0 aliphatic rings. The van der Waals surface area contributed by atoms with E-state index < -0.39 is 11.6 Å². The van der Waals surface area contributed by atoms with Crippen molar-refractivity contribution in [3.05, 3.63) is 65.2 Å². The van der Waals surface area contributed by atoms with E-state index in [2.05, 4.69) is 5.32 Å². The summed E-state index contributed by atoms with van der Waals surface area (Å²) in [4.78, 5) is 11.8. The van der Waals surface area contributed by atoms with Crippen LogP contribution in [0.4, 0.5) is 8.78 Å². The van der Waals surface area contributed by atoms with Crippen LogP contribution >= 0.6 is 0 Å². The zero-order valence-electron chi connectivity index (χ0n) is 12.4. The fourth-order valence-corrected chi connectivity index (χ4v) is 1.96. The molecule has 1 unspecified atom stereocenters. The van der Waals surface area contributed by atoms with Crippen LogP contribution in [0.5, 0.6) is 5.75 Å². The van der Waals surface area contributed by atoms with E-state index in [0.717, 1.165) is 23.3 Å². The van der Waals surface area contributed by atoms with Crippen molar-refractivity contribution < 1.29 is 18.3 Å². The van der Waals surface area contributed by atoms with Crippen molar-refractivity contribution in [2.45, 2.75) is 19.9 Å². The molecule has 0 radical (unpaired) electrons. The van der Waals surface area contributed by atoms with E-state index in [4.69, 9.17) is 4.74 Å². The molecule has 0 fully saturated rings. The molecule has 3 nitrogen and oxygen atoms in total. The maximum absolute atomic E-state index is 13.4. The number of nitrogens with one attached hydrogen (secondary N) is 1. The van der Waals surface area contributed by atoms with Gasteiger partial charge in [-0.3, -0.25) is 4.79 Å². The number of hydrogen-bond acceptors (Lipinski definition) is 2. The highest BCUT2D eigenvalue weighted by Gasteiger charge is 2.11. The molecule has 0 saturated heterocycles. The van der Waals surface area contributed by atoms with Crippen LogP contribution in [0.1, 0.15) is 24.1 Å². The van der Waals surface area contributed by atoms with Gasteiger partial charge in [-0.25, -0.2) is 8.78 Å². The predicted octanol–water partition coefficient (Wildman–Crippen LogP) is 3.53. The molecule has 0 heterocycles. The Morgan fingerprint density at radius 3 is 2.50 bits per heavy atom. The molecule has 0 aliphatic carbocycles. The summed E-state index contributed by atoms with van der Waals surface area (Å²) < 4.78 is 31.2. The van der Waals surface area contributed by atoms with Gasteiger partial charge in [0.25, 0.3) is 5.91 Å². The van der Waals surface area contributed by atoms with Crippen molar-refractivity contribution in [2.24, 2.45) is 0 Å². The number of carbonyl (C=O) groups excluding carboxylic acids is 1. The molecule has 1 N–H and O–H groups in total. The molecule has 0 bridgehead atoms. The second-order valence-electron chi connectivity index (χ2n) is 5.06. The smallest absolute Gasteiger partial charge is 0.258 e. The lowest BCUT2D eigenvalue weighted by Crippen LogP contribution is -2.31. The number of benzene rings is 2. The van der Waals surface area contributed by atoms with Crippen LogP contribution in [0.15, 0.2) is 42.5 Å². The highest BCUT2D eigenvalue weighted by molar-refractivity contribution is 5.78. The van der Waals surface area contributed by atoms with Gasteiger partial charge in [0.1, 0.15) is 5.82 Å². The molecule has 1 amide bonds. The second kappa shape index (κ2) is 7.02. The molecule has 0 spiro atoms. The summed E-state index contributed by atoms with van der Waals surface area (Å²) in [6, 6.07) is 10.5.